The van der Waals surface area contributed by atoms with E-state index in [4.69, 9.17) is 4.74 Å². The van der Waals surface area contributed by atoms with Gasteiger partial charge in [-0.2, -0.15) is 0 Å². The molecule has 2 aromatic rings. The van der Waals surface area contributed by atoms with Crippen LogP contribution in [0.2, 0.25) is 0 Å². The molecule has 2 aromatic carbocycles. The number of nitrogens with zero attached hydrogens (tertiary/aromatic N) is 1. The monoisotopic (exact) mass is 370 g/mol. The minimum absolute atomic E-state index is 0.104. The number of benzene rings is 2. The normalized spacial score (nSPS) is 16.5. The Morgan fingerprint density at radius 3 is 2.67 bits per heavy atom. The summed E-state index contributed by atoms with van der Waals surface area (Å²) >= 11 is 0. The fourth-order valence-electron chi connectivity index (χ4n) is 2.99. The molecule has 1 heterocycles. The van der Waals surface area contributed by atoms with Crippen molar-refractivity contribution in [1.82, 2.24) is 0 Å². The number of carbonyl (C=O) groups excluding carboxylic acids is 2. The first-order chi connectivity index (χ1) is 13.0. The van der Waals surface area contributed by atoms with Crippen LogP contribution in [0.5, 0.6) is 5.75 Å². The minimum Gasteiger partial charge on any atom is -0.494 e. The Bertz CT molecular complexity index is 836. The molecule has 0 saturated carbocycles. The summed E-state index contributed by atoms with van der Waals surface area (Å²) in [5.74, 6) is -0.479. The molecule has 6 heteroatoms. The number of hydrogen-bond acceptors (Lipinski definition) is 3. The second-order valence-electron chi connectivity index (χ2n) is 6.70. The number of carbonyl (C=O) groups is 2. The maximum Gasteiger partial charge on any atom is 0.229 e. The van der Waals surface area contributed by atoms with Crippen molar-refractivity contribution in [1.29, 1.82) is 0 Å². The highest BCUT2D eigenvalue weighted by atomic mass is 19.1. The van der Waals surface area contributed by atoms with Gasteiger partial charge in [0.1, 0.15) is 11.6 Å². The molecule has 0 aromatic heterocycles. The Balaban J connectivity index is 1.64. The Morgan fingerprint density at radius 2 is 2.00 bits per heavy atom. The maximum atomic E-state index is 13.6. The van der Waals surface area contributed by atoms with Gasteiger partial charge in [-0.3, -0.25) is 9.59 Å². The Kier molecular flexibility index (Phi) is 5.74. The van der Waals surface area contributed by atoms with Crippen LogP contribution >= 0.6 is 0 Å². The van der Waals surface area contributed by atoms with Crippen LogP contribution in [0.1, 0.15) is 25.3 Å². The zero-order chi connectivity index (χ0) is 19.4. The summed E-state index contributed by atoms with van der Waals surface area (Å²) in [4.78, 5) is 26.4. The van der Waals surface area contributed by atoms with Crippen LogP contribution in [0.25, 0.3) is 0 Å². The number of ether oxygens (including phenoxy) is 1. The summed E-state index contributed by atoms with van der Waals surface area (Å²) in [6.45, 7) is 4.64. The smallest absolute Gasteiger partial charge is 0.229 e. The van der Waals surface area contributed by atoms with Gasteiger partial charge >= 0.3 is 0 Å². The molecular weight excluding hydrogens is 347 g/mol. The van der Waals surface area contributed by atoms with Crippen molar-refractivity contribution in [3.63, 3.8) is 0 Å². The van der Waals surface area contributed by atoms with E-state index in [9.17, 15) is 14.0 Å². The van der Waals surface area contributed by atoms with Gasteiger partial charge in [-0.05, 0) is 55.3 Å². The Morgan fingerprint density at radius 1 is 1.26 bits per heavy atom. The standard InChI is InChI=1S/C21H23FN2O3/c1-3-10-27-18-8-6-17(7-9-18)24-13-15(11-20(24)25)21(26)23-16-5-4-14(2)19(22)12-16/h4-9,12,15H,3,10-11,13H2,1-2H3,(H,23,26)/t15-/m0/s1. The first-order valence-electron chi connectivity index (χ1n) is 9.08. The summed E-state index contributed by atoms with van der Waals surface area (Å²) in [5.41, 5.74) is 1.65. The van der Waals surface area contributed by atoms with Gasteiger partial charge in [0.05, 0.1) is 12.5 Å². The summed E-state index contributed by atoms with van der Waals surface area (Å²) < 4.78 is 19.2. The van der Waals surface area contributed by atoms with Gasteiger partial charge in [0.2, 0.25) is 11.8 Å². The lowest BCUT2D eigenvalue weighted by atomic mass is 10.1. The van der Waals surface area contributed by atoms with Gasteiger partial charge < -0.3 is 15.0 Å². The van der Waals surface area contributed by atoms with Crippen LogP contribution in [-0.2, 0) is 9.59 Å². The molecule has 1 saturated heterocycles. The van der Waals surface area contributed by atoms with Crippen LogP contribution < -0.4 is 15.0 Å². The van der Waals surface area contributed by atoms with E-state index in [0.717, 1.165) is 17.9 Å². The van der Waals surface area contributed by atoms with E-state index < -0.39 is 5.92 Å². The first kappa shape index (κ1) is 18.9. The van der Waals surface area contributed by atoms with Crippen molar-refractivity contribution >= 4 is 23.2 Å². The van der Waals surface area contributed by atoms with Crippen LogP contribution in [0, 0.1) is 18.7 Å². The van der Waals surface area contributed by atoms with Gasteiger partial charge in [-0.15, -0.1) is 0 Å². The number of halogens is 1. The first-order valence-corrected chi connectivity index (χ1v) is 9.08. The van der Waals surface area contributed by atoms with Crippen molar-refractivity contribution in [2.24, 2.45) is 5.92 Å². The van der Waals surface area contributed by atoms with Crippen molar-refractivity contribution in [3.05, 3.63) is 53.8 Å². The SMILES string of the molecule is CCCOc1ccc(N2C[C@@H](C(=O)Nc3ccc(C)c(F)c3)CC2=O)cc1. The third kappa shape index (κ3) is 4.45. The highest BCUT2D eigenvalue weighted by Crippen LogP contribution is 2.28. The fraction of sp³-hybridized carbons (Fsp3) is 0.333. The van der Waals surface area contributed by atoms with Crippen LogP contribution in [-0.4, -0.2) is 25.0 Å². The second kappa shape index (κ2) is 8.20. The molecule has 0 radical (unpaired) electrons. The Hall–Kier alpha value is -2.89. The molecule has 5 nitrogen and oxygen atoms in total. The Labute approximate surface area is 158 Å². The van der Waals surface area contributed by atoms with Crippen LogP contribution in [0.4, 0.5) is 15.8 Å². The van der Waals surface area contributed by atoms with E-state index in [1.807, 2.05) is 31.2 Å². The fourth-order valence-corrected chi connectivity index (χ4v) is 2.99. The summed E-state index contributed by atoms with van der Waals surface area (Å²) in [6.07, 6.45) is 1.06. The average molecular weight is 370 g/mol. The van der Waals surface area contributed by atoms with E-state index >= 15 is 0 Å². The predicted molar refractivity (Wildman–Crippen MR) is 102 cm³/mol. The van der Waals surface area contributed by atoms with Crippen molar-refractivity contribution in [3.8, 4) is 5.75 Å². The third-order valence-electron chi connectivity index (χ3n) is 4.56. The molecule has 142 valence electrons. The molecule has 1 N–H and O–H groups in total. The van der Waals surface area contributed by atoms with E-state index in [2.05, 4.69) is 5.32 Å². The largest absolute Gasteiger partial charge is 0.494 e. The molecule has 0 spiro atoms. The number of anilines is 2. The summed E-state index contributed by atoms with van der Waals surface area (Å²) in [6, 6.07) is 11.8. The quantitative estimate of drug-likeness (QED) is 0.839. The zero-order valence-corrected chi connectivity index (χ0v) is 15.5. The van der Waals surface area contributed by atoms with Gasteiger partial charge in [-0.25, -0.2) is 4.39 Å². The molecule has 1 aliphatic heterocycles. The second-order valence-corrected chi connectivity index (χ2v) is 6.70. The molecule has 0 aliphatic carbocycles. The number of amides is 2. The van der Waals surface area contributed by atoms with Gasteiger partial charge in [0.25, 0.3) is 0 Å². The van der Waals surface area contributed by atoms with E-state index in [1.165, 1.54) is 6.07 Å². The van der Waals surface area contributed by atoms with E-state index in [0.29, 0.717) is 24.4 Å². The molecular formula is C21H23FN2O3. The average Bonchev–Trinajstić information content (AvgIpc) is 3.05. The predicted octanol–water partition coefficient (Wildman–Crippen LogP) is 3.91. The molecule has 0 bridgehead atoms. The van der Waals surface area contributed by atoms with E-state index in [1.54, 1.807) is 24.0 Å². The van der Waals surface area contributed by atoms with Gasteiger partial charge in [0.15, 0.2) is 0 Å². The molecule has 2 amide bonds. The zero-order valence-electron chi connectivity index (χ0n) is 15.5. The topological polar surface area (TPSA) is 58.6 Å². The highest BCUT2D eigenvalue weighted by Gasteiger charge is 2.35. The summed E-state index contributed by atoms with van der Waals surface area (Å²) in [7, 11) is 0. The maximum absolute atomic E-state index is 13.6. The molecule has 0 unspecified atom stereocenters. The van der Waals surface area contributed by atoms with Gasteiger partial charge in [0, 0.05) is 24.3 Å². The lowest BCUT2D eigenvalue weighted by Gasteiger charge is -2.17. The van der Waals surface area contributed by atoms with Crippen molar-refractivity contribution in [2.75, 3.05) is 23.4 Å². The highest BCUT2D eigenvalue weighted by molar-refractivity contribution is 6.03. The van der Waals surface area contributed by atoms with Gasteiger partial charge in [-0.1, -0.05) is 13.0 Å². The van der Waals surface area contributed by atoms with Crippen LogP contribution in [0.15, 0.2) is 42.5 Å². The van der Waals surface area contributed by atoms with Crippen LogP contribution in [0.3, 0.4) is 0 Å². The number of rotatable bonds is 6. The number of aryl methyl sites for hydroxylation is 1. The molecule has 1 fully saturated rings. The lowest BCUT2D eigenvalue weighted by molar-refractivity contribution is -0.122. The number of nitrogens with one attached hydrogen (secondary N) is 1. The lowest BCUT2D eigenvalue weighted by Crippen LogP contribution is -2.28. The third-order valence-corrected chi connectivity index (χ3v) is 4.56. The molecule has 3 rings (SSSR count). The molecule has 27 heavy (non-hydrogen) atoms. The van der Waals surface area contributed by atoms with E-state index in [-0.39, 0.29) is 24.1 Å². The summed E-state index contributed by atoms with van der Waals surface area (Å²) in [5, 5.41) is 2.70. The number of hydrogen-bond donors (Lipinski definition) is 1. The molecule has 1 aliphatic rings. The van der Waals surface area contributed by atoms with Crippen molar-refractivity contribution < 1.29 is 18.7 Å². The molecule has 1 atom stereocenters. The van der Waals surface area contributed by atoms with Crippen molar-refractivity contribution in [2.45, 2.75) is 26.7 Å². The minimum atomic E-state index is -0.474.